The lowest BCUT2D eigenvalue weighted by Crippen LogP contribution is -2.36. The highest BCUT2D eigenvalue weighted by molar-refractivity contribution is 7.80. The van der Waals surface area contributed by atoms with Gasteiger partial charge in [-0.05, 0) is 67.5 Å². The Labute approximate surface area is 198 Å². The lowest BCUT2D eigenvalue weighted by atomic mass is 10.0. The van der Waals surface area contributed by atoms with Gasteiger partial charge in [0.05, 0.1) is 36.6 Å². The number of nitrogens with zero attached hydrogens (tertiary/aromatic N) is 3. The van der Waals surface area contributed by atoms with E-state index in [-0.39, 0.29) is 24.2 Å². The largest absolute Gasteiger partial charge is 0.465 e. The number of carbonyl (C=O) groups is 1. The molecule has 1 aromatic carbocycles. The van der Waals surface area contributed by atoms with Gasteiger partial charge >= 0.3 is 5.97 Å². The molecule has 2 saturated heterocycles. The van der Waals surface area contributed by atoms with Crippen LogP contribution in [0.1, 0.15) is 46.7 Å². The summed E-state index contributed by atoms with van der Waals surface area (Å²) in [6.07, 6.45) is 6.07. The predicted octanol–water partition coefficient (Wildman–Crippen LogP) is 3.81. The highest BCUT2D eigenvalue weighted by atomic mass is 32.1. The van der Waals surface area contributed by atoms with Gasteiger partial charge in [0.2, 0.25) is 0 Å². The molecule has 1 N–H and O–H groups in total. The minimum atomic E-state index is -0.361. The Balaban J connectivity index is 1.56. The standard InChI is InChI=1S/C25H26N4O3S/c1-31-24(30)17-7-4-8-18(15-17)28-13-5-11-21(28)23-22(20-10-2-3-12-26-20)27-25(33)29(23)16-19-9-6-14-32-19/h2-5,7-8,10-13,15,19,22-23H,6,9,14,16H2,1H3,(H,27,33)/t19-,22+,23-/m1/s1. The van der Waals surface area contributed by atoms with Crippen LogP contribution < -0.4 is 5.32 Å². The van der Waals surface area contributed by atoms with Gasteiger partial charge in [-0.3, -0.25) is 4.98 Å². The Morgan fingerprint density at radius 1 is 1.24 bits per heavy atom. The van der Waals surface area contributed by atoms with Crippen LogP contribution >= 0.6 is 12.2 Å². The molecule has 2 aliphatic rings. The third-order valence-corrected chi connectivity index (χ3v) is 6.60. The van der Waals surface area contributed by atoms with E-state index >= 15 is 0 Å². The predicted molar refractivity (Wildman–Crippen MR) is 128 cm³/mol. The number of carbonyl (C=O) groups excluding carboxylic acids is 1. The third kappa shape index (κ3) is 4.24. The number of rotatable bonds is 6. The van der Waals surface area contributed by atoms with Crippen LogP contribution in [0.5, 0.6) is 0 Å². The van der Waals surface area contributed by atoms with Crippen molar-refractivity contribution in [1.29, 1.82) is 0 Å². The van der Waals surface area contributed by atoms with E-state index < -0.39 is 0 Å². The Bertz CT molecular complexity index is 1140. The number of hydrogen-bond acceptors (Lipinski definition) is 5. The maximum Gasteiger partial charge on any atom is 0.337 e. The molecule has 170 valence electrons. The Hall–Kier alpha value is -3.23. The van der Waals surface area contributed by atoms with Gasteiger partial charge in [0.25, 0.3) is 0 Å². The molecule has 0 bridgehead atoms. The maximum atomic E-state index is 12.1. The van der Waals surface area contributed by atoms with Crippen molar-refractivity contribution in [1.82, 2.24) is 19.8 Å². The summed E-state index contributed by atoms with van der Waals surface area (Å²) in [5.74, 6) is -0.361. The van der Waals surface area contributed by atoms with Gasteiger partial charge < -0.3 is 24.3 Å². The van der Waals surface area contributed by atoms with Crippen LogP contribution in [0.25, 0.3) is 5.69 Å². The average molecular weight is 463 g/mol. The first-order valence-corrected chi connectivity index (χ1v) is 11.5. The first-order valence-electron chi connectivity index (χ1n) is 11.1. The summed E-state index contributed by atoms with van der Waals surface area (Å²) >= 11 is 5.79. The molecule has 3 aromatic rings. The summed E-state index contributed by atoms with van der Waals surface area (Å²) in [6.45, 7) is 1.51. The molecule has 2 aliphatic heterocycles. The summed E-state index contributed by atoms with van der Waals surface area (Å²) in [4.78, 5) is 19.0. The highest BCUT2D eigenvalue weighted by Crippen LogP contribution is 2.40. The number of hydrogen-bond donors (Lipinski definition) is 1. The summed E-state index contributed by atoms with van der Waals surface area (Å²) < 4.78 is 13.0. The third-order valence-electron chi connectivity index (χ3n) is 6.25. The monoisotopic (exact) mass is 462 g/mol. The molecule has 0 spiro atoms. The van der Waals surface area contributed by atoms with E-state index in [2.05, 4.69) is 25.8 Å². The Morgan fingerprint density at radius 2 is 2.15 bits per heavy atom. The molecule has 0 aliphatic carbocycles. The fourth-order valence-corrected chi connectivity index (χ4v) is 5.02. The van der Waals surface area contributed by atoms with Crippen LogP contribution in [-0.2, 0) is 9.47 Å². The molecule has 0 amide bonds. The van der Waals surface area contributed by atoms with E-state index in [1.165, 1.54) is 7.11 Å². The van der Waals surface area contributed by atoms with E-state index in [0.29, 0.717) is 17.2 Å². The van der Waals surface area contributed by atoms with Gasteiger partial charge in [-0.25, -0.2) is 4.79 Å². The number of aromatic nitrogens is 2. The van der Waals surface area contributed by atoms with Crippen molar-refractivity contribution in [2.45, 2.75) is 31.0 Å². The van der Waals surface area contributed by atoms with Crippen LogP contribution in [0.3, 0.4) is 0 Å². The van der Waals surface area contributed by atoms with Gasteiger partial charge in [-0.2, -0.15) is 0 Å². The van der Waals surface area contributed by atoms with Crippen molar-refractivity contribution >= 4 is 23.3 Å². The van der Waals surface area contributed by atoms with Crippen LogP contribution in [0.15, 0.2) is 67.0 Å². The van der Waals surface area contributed by atoms with E-state index in [9.17, 15) is 4.79 Å². The minimum Gasteiger partial charge on any atom is -0.465 e. The van der Waals surface area contributed by atoms with Crippen molar-refractivity contribution in [3.05, 3.63) is 83.9 Å². The molecule has 0 radical (unpaired) electrons. The minimum absolute atomic E-state index is 0.0895. The average Bonchev–Trinajstić information content (AvgIpc) is 3.61. The van der Waals surface area contributed by atoms with Crippen molar-refractivity contribution in [3.8, 4) is 5.69 Å². The van der Waals surface area contributed by atoms with Crippen LogP contribution in [0.2, 0.25) is 0 Å². The van der Waals surface area contributed by atoms with Gasteiger partial charge in [0.15, 0.2) is 5.11 Å². The van der Waals surface area contributed by atoms with E-state index in [1.807, 2.05) is 48.7 Å². The molecule has 3 atom stereocenters. The number of methoxy groups -OCH3 is 1. The van der Waals surface area contributed by atoms with E-state index in [4.69, 9.17) is 21.7 Å². The second kappa shape index (κ2) is 9.33. The second-order valence-electron chi connectivity index (χ2n) is 8.26. The first kappa shape index (κ1) is 21.6. The number of esters is 1. The van der Waals surface area contributed by atoms with Gasteiger partial charge in [0, 0.05) is 36.9 Å². The number of thiocarbonyl (C=S) groups is 1. The number of benzene rings is 1. The Morgan fingerprint density at radius 3 is 2.91 bits per heavy atom. The molecular formula is C25H26N4O3S. The highest BCUT2D eigenvalue weighted by Gasteiger charge is 2.42. The van der Waals surface area contributed by atoms with Gasteiger partial charge in [0.1, 0.15) is 0 Å². The SMILES string of the molecule is COC(=O)c1cccc(-n2cccc2[C@@H]2[C@H](c3ccccn3)NC(=S)N2C[C@H]2CCCO2)c1. The van der Waals surface area contributed by atoms with E-state index in [1.54, 1.807) is 12.3 Å². The molecule has 7 nitrogen and oxygen atoms in total. The van der Waals surface area contributed by atoms with Crippen molar-refractivity contribution < 1.29 is 14.3 Å². The number of nitrogens with one attached hydrogen (secondary N) is 1. The zero-order chi connectivity index (χ0) is 22.8. The molecule has 2 aromatic heterocycles. The quantitative estimate of drug-likeness (QED) is 0.441. The van der Waals surface area contributed by atoms with Crippen LogP contribution in [-0.4, -0.2) is 51.9 Å². The van der Waals surface area contributed by atoms with Gasteiger partial charge in [-0.15, -0.1) is 0 Å². The molecular weight excluding hydrogens is 436 g/mol. The molecule has 4 heterocycles. The Kier molecular flexibility index (Phi) is 6.11. The summed E-state index contributed by atoms with van der Waals surface area (Å²) in [5, 5.41) is 4.20. The summed E-state index contributed by atoms with van der Waals surface area (Å²) in [7, 11) is 1.39. The summed E-state index contributed by atoms with van der Waals surface area (Å²) in [6, 6.07) is 17.3. The second-order valence-corrected chi connectivity index (χ2v) is 8.65. The molecule has 0 unspecified atom stereocenters. The van der Waals surface area contributed by atoms with Gasteiger partial charge in [-0.1, -0.05) is 12.1 Å². The summed E-state index contributed by atoms with van der Waals surface area (Å²) in [5.41, 5.74) is 3.37. The fraction of sp³-hybridized carbons (Fsp3) is 0.320. The van der Waals surface area contributed by atoms with Crippen molar-refractivity contribution in [2.24, 2.45) is 0 Å². The van der Waals surface area contributed by atoms with E-state index in [0.717, 1.165) is 36.5 Å². The molecule has 0 saturated carbocycles. The smallest absolute Gasteiger partial charge is 0.337 e. The maximum absolute atomic E-state index is 12.1. The normalized spacial score (nSPS) is 22.4. The fourth-order valence-electron chi connectivity index (χ4n) is 4.70. The molecule has 5 rings (SSSR count). The molecule has 33 heavy (non-hydrogen) atoms. The first-order chi connectivity index (χ1) is 16.2. The molecule has 8 heteroatoms. The zero-order valence-corrected chi connectivity index (χ0v) is 19.2. The number of ether oxygens (including phenoxy) is 2. The topological polar surface area (TPSA) is 68.6 Å². The lowest BCUT2D eigenvalue weighted by molar-refractivity contribution is 0.0600. The number of pyridine rings is 1. The zero-order valence-electron chi connectivity index (χ0n) is 18.4. The van der Waals surface area contributed by atoms with Crippen LogP contribution in [0, 0.1) is 0 Å². The van der Waals surface area contributed by atoms with Crippen molar-refractivity contribution in [2.75, 3.05) is 20.3 Å². The van der Waals surface area contributed by atoms with Crippen molar-refractivity contribution in [3.63, 3.8) is 0 Å². The molecule has 2 fully saturated rings. The van der Waals surface area contributed by atoms with Crippen LogP contribution in [0.4, 0.5) is 0 Å². The lowest BCUT2D eigenvalue weighted by Gasteiger charge is -2.30.